The maximum absolute atomic E-state index is 12.8. The summed E-state index contributed by atoms with van der Waals surface area (Å²) >= 11 is 4.96. The van der Waals surface area contributed by atoms with Crippen molar-refractivity contribution in [1.29, 1.82) is 5.26 Å². The largest absolute Gasteiger partial charge is 0.429 e. The number of aromatic amines is 1. The number of carbonyl (C=O) groups is 1. The molecule has 1 aromatic heterocycles. The average Bonchev–Trinajstić information content (AvgIpc) is 3.28. The highest BCUT2D eigenvalue weighted by Gasteiger charge is 2.34. The average molecular weight is 315 g/mol. The molecule has 1 aromatic carbocycles. The molecule has 0 radical (unpaired) electrons. The number of amides is 1. The summed E-state index contributed by atoms with van der Waals surface area (Å²) in [6.07, 6.45) is 2.65. The van der Waals surface area contributed by atoms with Gasteiger partial charge in [0, 0.05) is 18.2 Å². The Labute approximate surface area is 133 Å². The van der Waals surface area contributed by atoms with Crippen LogP contribution in [0.4, 0.5) is 0 Å². The zero-order chi connectivity index (χ0) is 15.7. The van der Waals surface area contributed by atoms with Gasteiger partial charge in [0.05, 0.1) is 18.0 Å². The third-order valence-corrected chi connectivity index (χ3v) is 4.37. The number of aromatic nitrogens is 1. The van der Waals surface area contributed by atoms with E-state index in [1.54, 1.807) is 18.2 Å². The maximum Gasteiger partial charge on any atom is 0.266 e. The monoisotopic (exact) mass is 315 g/mol. The highest BCUT2D eigenvalue weighted by Crippen LogP contribution is 2.35. The Bertz CT molecular complexity index is 798. The van der Waals surface area contributed by atoms with Crippen molar-refractivity contribution in [3.8, 4) is 6.07 Å². The molecule has 2 aromatic rings. The molecule has 1 aliphatic rings. The molecule has 5 nitrogen and oxygen atoms in total. The lowest BCUT2D eigenvalue weighted by molar-refractivity contribution is 0.0677. The summed E-state index contributed by atoms with van der Waals surface area (Å²) in [6, 6.07) is 7.56. The van der Waals surface area contributed by atoms with Crippen LogP contribution in [0.25, 0.3) is 11.1 Å². The minimum absolute atomic E-state index is 0.0566. The molecular formula is C16H17N3O2S. The van der Waals surface area contributed by atoms with Gasteiger partial charge in [0.2, 0.25) is 0 Å². The SMILES string of the molecule is C[C@@H](C1CC1)N(CCC#N)C(=O)c1ccc2[nH]c(=S)oc2c1. The first-order chi connectivity index (χ1) is 10.6. The lowest BCUT2D eigenvalue weighted by Gasteiger charge is -2.28. The third kappa shape index (κ3) is 2.90. The van der Waals surface area contributed by atoms with Crippen molar-refractivity contribution < 1.29 is 9.21 Å². The first-order valence-electron chi connectivity index (χ1n) is 7.41. The Morgan fingerprint density at radius 2 is 2.36 bits per heavy atom. The van der Waals surface area contributed by atoms with Crippen molar-refractivity contribution >= 4 is 29.2 Å². The molecule has 114 valence electrons. The number of hydrogen-bond donors (Lipinski definition) is 1. The number of nitriles is 1. The smallest absolute Gasteiger partial charge is 0.266 e. The minimum Gasteiger partial charge on any atom is -0.429 e. The molecule has 1 atom stereocenters. The van der Waals surface area contributed by atoms with E-state index in [9.17, 15) is 4.79 Å². The number of carbonyl (C=O) groups excluding carboxylic acids is 1. The van der Waals surface area contributed by atoms with E-state index in [0.717, 1.165) is 18.4 Å². The number of fused-ring (bicyclic) bond motifs is 1. The van der Waals surface area contributed by atoms with Gasteiger partial charge < -0.3 is 14.3 Å². The first-order valence-corrected chi connectivity index (χ1v) is 7.82. The van der Waals surface area contributed by atoms with Gasteiger partial charge in [-0.1, -0.05) is 0 Å². The van der Waals surface area contributed by atoms with Gasteiger partial charge in [0.25, 0.3) is 10.7 Å². The highest BCUT2D eigenvalue weighted by atomic mass is 32.1. The van der Waals surface area contributed by atoms with Gasteiger partial charge in [-0.3, -0.25) is 4.79 Å². The summed E-state index contributed by atoms with van der Waals surface area (Å²) in [6.45, 7) is 2.52. The van der Waals surface area contributed by atoms with Gasteiger partial charge in [-0.15, -0.1) is 0 Å². The van der Waals surface area contributed by atoms with Crippen molar-refractivity contribution in [2.24, 2.45) is 5.92 Å². The summed E-state index contributed by atoms with van der Waals surface area (Å²) in [4.78, 5) is 17.8. The number of hydrogen-bond acceptors (Lipinski definition) is 4. The molecule has 1 amide bonds. The summed E-state index contributed by atoms with van der Waals surface area (Å²) in [5.74, 6) is 0.501. The lowest BCUT2D eigenvalue weighted by Crippen LogP contribution is -2.40. The fraction of sp³-hybridized carbons (Fsp3) is 0.438. The van der Waals surface area contributed by atoms with Crippen LogP contribution in [0.15, 0.2) is 22.6 Å². The van der Waals surface area contributed by atoms with Gasteiger partial charge in [-0.05, 0) is 56.1 Å². The minimum atomic E-state index is -0.0566. The van der Waals surface area contributed by atoms with Gasteiger partial charge >= 0.3 is 0 Å². The second-order valence-electron chi connectivity index (χ2n) is 5.71. The van der Waals surface area contributed by atoms with Crippen LogP contribution in [-0.2, 0) is 0 Å². The van der Waals surface area contributed by atoms with Gasteiger partial charge in [-0.25, -0.2) is 0 Å². The van der Waals surface area contributed by atoms with E-state index >= 15 is 0 Å². The zero-order valence-corrected chi connectivity index (χ0v) is 13.2. The number of rotatable bonds is 5. The van der Waals surface area contributed by atoms with Crippen LogP contribution in [0, 0.1) is 22.1 Å². The zero-order valence-electron chi connectivity index (χ0n) is 12.3. The van der Waals surface area contributed by atoms with E-state index in [1.165, 1.54) is 0 Å². The lowest BCUT2D eigenvalue weighted by atomic mass is 10.1. The van der Waals surface area contributed by atoms with Gasteiger partial charge in [0.1, 0.15) is 0 Å². The molecule has 1 heterocycles. The third-order valence-electron chi connectivity index (χ3n) is 4.19. The molecule has 6 heteroatoms. The number of H-pyrrole nitrogens is 1. The molecule has 0 unspecified atom stereocenters. The van der Waals surface area contributed by atoms with Crippen molar-refractivity contribution in [1.82, 2.24) is 9.88 Å². The molecule has 0 saturated heterocycles. The standard InChI is InChI=1S/C16H17N3O2S/c1-10(11-3-4-11)19(8-2-7-17)15(20)12-5-6-13-14(9-12)21-16(22)18-13/h5-6,9-11H,2-4,8H2,1H3,(H,18,22)/t10-/m0/s1. The molecule has 3 rings (SSSR count). The Kier molecular flexibility index (Phi) is 3.99. The second-order valence-corrected chi connectivity index (χ2v) is 6.08. The van der Waals surface area contributed by atoms with Gasteiger partial charge in [0.15, 0.2) is 5.58 Å². The Morgan fingerprint density at radius 1 is 1.59 bits per heavy atom. The molecule has 1 N–H and O–H groups in total. The molecule has 22 heavy (non-hydrogen) atoms. The van der Waals surface area contributed by atoms with E-state index < -0.39 is 0 Å². The second kappa shape index (κ2) is 5.93. The predicted octanol–water partition coefficient (Wildman–Crippen LogP) is 3.64. The van der Waals surface area contributed by atoms with E-state index in [1.807, 2.05) is 4.90 Å². The molecule has 1 fully saturated rings. The normalized spacial score (nSPS) is 15.5. The summed E-state index contributed by atoms with van der Waals surface area (Å²) in [7, 11) is 0. The summed E-state index contributed by atoms with van der Waals surface area (Å²) < 4.78 is 5.38. The van der Waals surface area contributed by atoms with Crippen LogP contribution in [0.3, 0.4) is 0 Å². The highest BCUT2D eigenvalue weighted by molar-refractivity contribution is 7.71. The number of nitrogens with one attached hydrogen (secondary N) is 1. The fourth-order valence-corrected chi connectivity index (χ4v) is 2.94. The van der Waals surface area contributed by atoms with Crippen LogP contribution in [0.5, 0.6) is 0 Å². The quantitative estimate of drug-likeness (QED) is 0.855. The van der Waals surface area contributed by atoms with E-state index in [2.05, 4.69) is 18.0 Å². The maximum atomic E-state index is 12.8. The van der Waals surface area contributed by atoms with E-state index in [0.29, 0.717) is 34.9 Å². The van der Waals surface area contributed by atoms with Crippen molar-refractivity contribution in [3.05, 3.63) is 28.6 Å². The van der Waals surface area contributed by atoms with Crippen molar-refractivity contribution in [2.45, 2.75) is 32.2 Å². The van der Waals surface area contributed by atoms with Crippen LogP contribution < -0.4 is 0 Å². The molecule has 0 spiro atoms. The molecule has 0 bridgehead atoms. The van der Waals surface area contributed by atoms with Crippen LogP contribution >= 0.6 is 12.2 Å². The van der Waals surface area contributed by atoms with Gasteiger partial charge in [-0.2, -0.15) is 5.26 Å². The first kappa shape index (κ1) is 14.8. The Balaban J connectivity index is 1.89. The number of benzene rings is 1. The molecule has 1 saturated carbocycles. The molecule has 1 aliphatic carbocycles. The number of oxazole rings is 1. The fourth-order valence-electron chi connectivity index (χ4n) is 2.74. The Morgan fingerprint density at radius 3 is 3.05 bits per heavy atom. The van der Waals surface area contributed by atoms with Crippen molar-refractivity contribution in [2.75, 3.05) is 6.54 Å². The van der Waals surface area contributed by atoms with Crippen LogP contribution in [-0.4, -0.2) is 28.4 Å². The summed E-state index contributed by atoms with van der Waals surface area (Å²) in [5.41, 5.74) is 1.92. The topological polar surface area (TPSA) is 73.0 Å². The Hall–Kier alpha value is -2.13. The number of nitrogens with zero attached hydrogens (tertiary/aromatic N) is 2. The van der Waals surface area contributed by atoms with Crippen LogP contribution in [0.2, 0.25) is 0 Å². The molecule has 0 aliphatic heterocycles. The molecular weight excluding hydrogens is 298 g/mol. The van der Waals surface area contributed by atoms with Crippen LogP contribution in [0.1, 0.15) is 36.5 Å². The predicted molar refractivity (Wildman–Crippen MR) is 84.9 cm³/mol. The van der Waals surface area contributed by atoms with E-state index in [-0.39, 0.29) is 11.9 Å². The van der Waals surface area contributed by atoms with Crippen molar-refractivity contribution in [3.63, 3.8) is 0 Å². The summed E-state index contributed by atoms with van der Waals surface area (Å²) in [5, 5.41) is 8.83. The van der Waals surface area contributed by atoms with E-state index in [4.69, 9.17) is 21.9 Å².